The molecule has 1 rings (SSSR count). The fourth-order valence-corrected chi connectivity index (χ4v) is 1.50. The SMILES string of the molecule is N#Cc1cccc(C(=O)NC(CCC(=O)O)C(=O)O)c1. The lowest BCUT2D eigenvalue weighted by molar-refractivity contribution is -0.140. The number of nitriles is 1. The van der Waals surface area contributed by atoms with E-state index in [9.17, 15) is 14.4 Å². The molecule has 3 N–H and O–H groups in total. The van der Waals surface area contributed by atoms with Gasteiger partial charge < -0.3 is 15.5 Å². The van der Waals surface area contributed by atoms with Crippen LogP contribution in [0.1, 0.15) is 28.8 Å². The number of carboxylic acids is 2. The molecule has 1 unspecified atom stereocenters. The zero-order valence-electron chi connectivity index (χ0n) is 10.4. The Balaban J connectivity index is 2.77. The fraction of sp³-hybridized carbons (Fsp3) is 0.231. The van der Waals surface area contributed by atoms with Crippen molar-refractivity contribution in [3.63, 3.8) is 0 Å². The number of carboxylic acid groups (broad SMARTS) is 2. The van der Waals surface area contributed by atoms with E-state index in [4.69, 9.17) is 15.5 Å². The summed E-state index contributed by atoms with van der Waals surface area (Å²) in [5, 5.41) is 28.4. The quantitative estimate of drug-likeness (QED) is 0.698. The number of nitrogens with zero attached hydrogens (tertiary/aromatic N) is 1. The molecule has 1 aromatic carbocycles. The van der Waals surface area contributed by atoms with Crippen molar-refractivity contribution in [1.29, 1.82) is 5.26 Å². The van der Waals surface area contributed by atoms with E-state index < -0.39 is 23.9 Å². The smallest absolute Gasteiger partial charge is 0.326 e. The van der Waals surface area contributed by atoms with Crippen LogP contribution in [0.5, 0.6) is 0 Å². The molecule has 0 fully saturated rings. The van der Waals surface area contributed by atoms with Gasteiger partial charge in [0.2, 0.25) is 0 Å². The Morgan fingerprint density at radius 1 is 1.30 bits per heavy atom. The summed E-state index contributed by atoms with van der Waals surface area (Å²) in [6.45, 7) is 0. The highest BCUT2D eigenvalue weighted by Gasteiger charge is 2.21. The fourth-order valence-electron chi connectivity index (χ4n) is 1.50. The van der Waals surface area contributed by atoms with Crippen LogP contribution in [0.15, 0.2) is 24.3 Å². The van der Waals surface area contributed by atoms with E-state index in [2.05, 4.69) is 5.32 Å². The highest BCUT2D eigenvalue weighted by Crippen LogP contribution is 2.06. The molecule has 0 radical (unpaired) electrons. The second-order valence-electron chi connectivity index (χ2n) is 3.99. The van der Waals surface area contributed by atoms with E-state index in [-0.39, 0.29) is 24.0 Å². The van der Waals surface area contributed by atoms with E-state index >= 15 is 0 Å². The molecule has 1 aromatic rings. The minimum Gasteiger partial charge on any atom is -0.481 e. The Bertz CT molecular complexity index is 576. The van der Waals surface area contributed by atoms with Crippen molar-refractivity contribution in [2.45, 2.75) is 18.9 Å². The van der Waals surface area contributed by atoms with Gasteiger partial charge >= 0.3 is 11.9 Å². The molecule has 0 aliphatic heterocycles. The van der Waals surface area contributed by atoms with Gasteiger partial charge in [0.05, 0.1) is 11.6 Å². The highest BCUT2D eigenvalue weighted by molar-refractivity contribution is 5.96. The van der Waals surface area contributed by atoms with Gasteiger partial charge in [-0.3, -0.25) is 9.59 Å². The summed E-state index contributed by atoms with van der Waals surface area (Å²) in [6.07, 6.45) is -0.580. The van der Waals surface area contributed by atoms with Crippen LogP contribution in [0.25, 0.3) is 0 Å². The molecule has 7 heteroatoms. The van der Waals surface area contributed by atoms with E-state index in [0.29, 0.717) is 0 Å². The van der Waals surface area contributed by atoms with Crippen molar-refractivity contribution < 1.29 is 24.6 Å². The largest absolute Gasteiger partial charge is 0.481 e. The molecule has 0 aliphatic rings. The van der Waals surface area contributed by atoms with E-state index in [1.165, 1.54) is 24.3 Å². The molecule has 0 spiro atoms. The molecule has 7 nitrogen and oxygen atoms in total. The zero-order chi connectivity index (χ0) is 15.1. The number of carbonyl (C=O) groups is 3. The van der Waals surface area contributed by atoms with Crippen molar-refractivity contribution in [2.75, 3.05) is 0 Å². The Morgan fingerprint density at radius 3 is 2.55 bits per heavy atom. The number of aliphatic carboxylic acids is 2. The number of hydrogen-bond donors (Lipinski definition) is 3. The molecular formula is C13H12N2O5. The topological polar surface area (TPSA) is 127 Å². The monoisotopic (exact) mass is 276 g/mol. The number of carbonyl (C=O) groups excluding carboxylic acids is 1. The van der Waals surface area contributed by atoms with Crippen molar-refractivity contribution in [2.24, 2.45) is 0 Å². The third-order valence-corrected chi connectivity index (χ3v) is 2.50. The molecule has 104 valence electrons. The summed E-state index contributed by atoms with van der Waals surface area (Å²) in [6, 6.07) is 6.35. The van der Waals surface area contributed by atoms with Gasteiger partial charge in [-0.25, -0.2) is 4.79 Å². The van der Waals surface area contributed by atoms with Crippen LogP contribution in [0.3, 0.4) is 0 Å². The van der Waals surface area contributed by atoms with Crippen LogP contribution in [-0.4, -0.2) is 34.1 Å². The van der Waals surface area contributed by atoms with Crippen LogP contribution in [0.4, 0.5) is 0 Å². The molecule has 0 aliphatic carbocycles. The molecule has 0 saturated carbocycles. The molecule has 20 heavy (non-hydrogen) atoms. The third kappa shape index (κ3) is 4.42. The summed E-state index contributed by atoms with van der Waals surface area (Å²) < 4.78 is 0. The van der Waals surface area contributed by atoms with Gasteiger partial charge in [-0.1, -0.05) is 6.07 Å². The van der Waals surface area contributed by atoms with E-state index in [0.717, 1.165) is 0 Å². The minimum absolute atomic E-state index is 0.144. The maximum atomic E-state index is 11.8. The molecule has 0 heterocycles. The van der Waals surface area contributed by atoms with E-state index in [1.54, 1.807) is 0 Å². The summed E-state index contributed by atoms with van der Waals surface area (Å²) in [5.74, 6) is -3.12. The number of rotatable bonds is 6. The first-order valence-corrected chi connectivity index (χ1v) is 5.69. The second kappa shape index (κ2) is 6.89. The van der Waals surface area contributed by atoms with Crippen molar-refractivity contribution in [3.8, 4) is 6.07 Å². The Kier molecular flexibility index (Phi) is 5.23. The lowest BCUT2D eigenvalue weighted by atomic mass is 10.1. The standard InChI is InChI=1S/C13H12N2O5/c14-7-8-2-1-3-9(6-8)12(18)15-10(13(19)20)4-5-11(16)17/h1-3,6,10H,4-5H2,(H,15,18)(H,16,17)(H,19,20). The Labute approximate surface area is 114 Å². The van der Waals surface area contributed by atoms with Gasteiger partial charge in [-0.05, 0) is 24.6 Å². The summed E-state index contributed by atoms with van der Waals surface area (Å²) in [5.41, 5.74) is 0.417. The summed E-state index contributed by atoms with van der Waals surface area (Å²) in [7, 11) is 0. The summed E-state index contributed by atoms with van der Waals surface area (Å²) in [4.78, 5) is 33.2. The highest BCUT2D eigenvalue weighted by atomic mass is 16.4. The maximum Gasteiger partial charge on any atom is 0.326 e. The van der Waals surface area contributed by atoms with Gasteiger partial charge in [0.25, 0.3) is 5.91 Å². The average molecular weight is 276 g/mol. The van der Waals surface area contributed by atoms with Gasteiger partial charge in [0.1, 0.15) is 6.04 Å². The molecule has 0 saturated heterocycles. The zero-order valence-corrected chi connectivity index (χ0v) is 10.4. The molecular weight excluding hydrogens is 264 g/mol. The van der Waals surface area contributed by atoms with Gasteiger partial charge in [-0.2, -0.15) is 5.26 Å². The predicted octanol–water partition coefficient (Wildman–Crippen LogP) is 0.606. The average Bonchev–Trinajstić information content (AvgIpc) is 2.42. The number of hydrogen-bond acceptors (Lipinski definition) is 4. The first kappa shape index (κ1) is 15.2. The first-order valence-electron chi connectivity index (χ1n) is 5.69. The second-order valence-corrected chi connectivity index (χ2v) is 3.99. The van der Waals surface area contributed by atoms with Crippen LogP contribution >= 0.6 is 0 Å². The molecule has 1 amide bonds. The van der Waals surface area contributed by atoms with Crippen LogP contribution < -0.4 is 5.32 Å². The van der Waals surface area contributed by atoms with Crippen molar-refractivity contribution >= 4 is 17.8 Å². The van der Waals surface area contributed by atoms with Crippen molar-refractivity contribution in [1.82, 2.24) is 5.32 Å². The molecule has 0 bridgehead atoms. The van der Waals surface area contributed by atoms with E-state index in [1.807, 2.05) is 6.07 Å². The molecule has 1 atom stereocenters. The van der Waals surface area contributed by atoms with Gasteiger partial charge in [0.15, 0.2) is 0 Å². The lowest BCUT2D eigenvalue weighted by Crippen LogP contribution is -2.41. The first-order chi connectivity index (χ1) is 9.43. The Morgan fingerprint density at radius 2 is 2.00 bits per heavy atom. The van der Waals surface area contributed by atoms with Gasteiger partial charge in [0, 0.05) is 12.0 Å². The van der Waals surface area contributed by atoms with Crippen LogP contribution in [-0.2, 0) is 9.59 Å². The maximum absolute atomic E-state index is 11.8. The van der Waals surface area contributed by atoms with Gasteiger partial charge in [-0.15, -0.1) is 0 Å². The van der Waals surface area contributed by atoms with Crippen molar-refractivity contribution in [3.05, 3.63) is 35.4 Å². The number of nitrogens with one attached hydrogen (secondary N) is 1. The summed E-state index contributed by atoms with van der Waals surface area (Å²) >= 11 is 0. The number of benzene rings is 1. The normalized spacial score (nSPS) is 11.2. The lowest BCUT2D eigenvalue weighted by Gasteiger charge is -2.13. The number of amides is 1. The third-order valence-electron chi connectivity index (χ3n) is 2.50. The minimum atomic E-state index is -1.31. The van der Waals surface area contributed by atoms with Crippen LogP contribution in [0, 0.1) is 11.3 Å². The Hall–Kier alpha value is -2.88. The predicted molar refractivity (Wildman–Crippen MR) is 66.9 cm³/mol. The van der Waals surface area contributed by atoms with Crippen LogP contribution in [0.2, 0.25) is 0 Å². The molecule has 0 aromatic heterocycles.